The third-order valence-corrected chi connectivity index (χ3v) is 2.31. The molecule has 0 spiro atoms. The second-order valence-corrected chi connectivity index (χ2v) is 3.79. The van der Waals surface area contributed by atoms with Crippen molar-refractivity contribution in [2.45, 2.75) is 32.7 Å². The molecule has 1 nitrogen and oxygen atoms in total. The van der Waals surface area contributed by atoms with E-state index in [4.69, 9.17) is 0 Å². The van der Waals surface area contributed by atoms with Gasteiger partial charge in [-0.15, -0.1) is 6.58 Å². The summed E-state index contributed by atoms with van der Waals surface area (Å²) < 4.78 is 0. The lowest BCUT2D eigenvalue weighted by atomic mass is 9.85. The standard InChI is InChI=1S/C9H17N/c1-4-5-9(3)6-8(2)10-7-9/h4,8,10H,1,5-7H2,2-3H3/t8-,9-/m0/s1. The van der Waals surface area contributed by atoms with E-state index in [2.05, 4.69) is 25.7 Å². The average Bonchev–Trinajstić information content (AvgIpc) is 2.12. The van der Waals surface area contributed by atoms with Crippen molar-refractivity contribution in [3.8, 4) is 0 Å². The normalized spacial score (nSPS) is 40.0. The van der Waals surface area contributed by atoms with Gasteiger partial charge in [0.05, 0.1) is 0 Å². The quantitative estimate of drug-likeness (QED) is 0.577. The summed E-state index contributed by atoms with van der Waals surface area (Å²) in [5.41, 5.74) is 0.487. The van der Waals surface area contributed by atoms with Crippen LogP contribution in [0, 0.1) is 5.41 Å². The van der Waals surface area contributed by atoms with Crippen molar-refractivity contribution in [3.63, 3.8) is 0 Å². The highest BCUT2D eigenvalue weighted by Gasteiger charge is 2.30. The van der Waals surface area contributed by atoms with Crippen molar-refractivity contribution in [1.82, 2.24) is 5.32 Å². The van der Waals surface area contributed by atoms with Crippen molar-refractivity contribution in [3.05, 3.63) is 12.7 Å². The van der Waals surface area contributed by atoms with E-state index in [1.807, 2.05) is 6.08 Å². The van der Waals surface area contributed by atoms with E-state index in [9.17, 15) is 0 Å². The predicted octanol–water partition coefficient (Wildman–Crippen LogP) is 1.95. The van der Waals surface area contributed by atoms with Crippen molar-refractivity contribution in [2.75, 3.05) is 6.54 Å². The van der Waals surface area contributed by atoms with Crippen LogP contribution in [-0.2, 0) is 0 Å². The molecule has 0 aromatic rings. The van der Waals surface area contributed by atoms with Gasteiger partial charge in [0, 0.05) is 12.6 Å². The zero-order valence-corrected chi connectivity index (χ0v) is 6.98. The smallest absolute Gasteiger partial charge is 0.00447 e. The Labute approximate surface area is 63.5 Å². The largest absolute Gasteiger partial charge is 0.314 e. The molecule has 1 aliphatic rings. The van der Waals surface area contributed by atoms with Gasteiger partial charge in [-0.05, 0) is 25.2 Å². The van der Waals surface area contributed by atoms with E-state index in [1.54, 1.807) is 0 Å². The van der Waals surface area contributed by atoms with Crippen molar-refractivity contribution in [2.24, 2.45) is 5.41 Å². The highest BCUT2D eigenvalue weighted by atomic mass is 15.0. The molecule has 0 unspecified atom stereocenters. The van der Waals surface area contributed by atoms with Gasteiger partial charge in [0.2, 0.25) is 0 Å². The van der Waals surface area contributed by atoms with E-state index >= 15 is 0 Å². The fourth-order valence-electron chi connectivity index (χ4n) is 1.81. The van der Waals surface area contributed by atoms with Crippen LogP contribution in [0.25, 0.3) is 0 Å². The van der Waals surface area contributed by atoms with Crippen LogP contribution in [-0.4, -0.2) is 12.6 Å². The molecule has 10 heavy (non-hydrogen) atoms. The molecule has 0 radical (unpaired) electrons. The molecule has 1 heteroatoms. The fraction of sp³-hybridized carbons (Fsp3) is 0.778. The van der Waals surface area contributed by atoms with E-state index in [0.29, 0.717) is 11.5 Å². The number of rotatable bonds is 2. The molecule has 1 rings (SSSR count). The summed E-state index contributed by atoms with van der Waals surface area (Å²) in [6.45, 7) is 9.49. The van der Waals surface area contributed by atoms with Gasteiger partial charge in [0.1, 0.15) is 0 Å². The Balaban J connectivity index is 2.45. The first-order valence-corrected chi connectivity index (χ1v) is 4.00. The first-order valence-electron chi connectivity index (χ1n) is 4.00. The maximum absolute atomic E-state index is 3.77. The molecule has 1 fully saturated rings. The lowest BCUT2D eigenvalue weighted by molar-refractivity contribution is 0.364. The predicted molar refractivity (Wildman–Crippen MR) is 45.0 cm³/mol. The summed E-state index contributed by atoms with van der Waals surface area (Å²) in [7, 11) is 0. The second-order valence-electron chi connectivity index (χ2n) is 3.79. The Morgan fingerprint density at radius 3 is 2.90 bits per heavy atom. The summed E-state index contributed by atoms with van der Waals surface area (Å²) in [6.07, 6.45) is 4.46. The van der Waals surface area contributed by atoms with Gasteiger partial charge < -0.3 is 5.32 Å². The van der Waals surface area contributed by atoms with Crippen LogP contribution in [0.1, 0.15) is 26.7 Å². The van der Waals surface area contributed by atoms with Crippen molar-refractivity contribution < 1.29 is 0 Å². The molecular formula is C9H17N. The number of nitrogens with one attached hydrogen (secondary N) is 1. The van der Waals surface area contributed by atoms with Crippen LogP contribution >= 0.6 is 0 Å². The van der Waals surface area contributed by atoms with Crippen LogP contribution in [0.5, 0.6) is 0 Å². The first kappa shape index (κ1) is 7.80. The second kappa shape index (κ2) is 2.75. The first-order chi connectivity index (χ1) is 4.66. The monoisotopic (exact) mass is 139 g/mol. The average molecular weight is 139 g/mol. The van der Waals surface area contributed by atoms with Gasteiger partial charge in [-0.25, -0.2) is 0 Å². The maximum Gasteiger partial charge on any atom is 0.00447 e. The number of hydrogen-bond acceptors (Lipinski definition) is 1. The van der Waals surface area contributed by atoms with E-state index < -0.39 is 0 Å². The molecule has 1 N–H and O–H groups in total. The summed E-state index contributed by atoms with van der Waals surface area (Å²) in [5, 5.41) is 3.45. The minimum absolute atomic E-state index is 0.487. The molecule has 0 aliphatic carbocycles. The Kier molecular flexibility index (Phi) is 2.14. The Morgan fingerprint density at radius 2 is 2.50 bits per heavy atom. The van der Waals surface area contributed by atoms with Gasteiger partial charge in [-0.2, -0.15) is 0 Å². The molecule has 0 aromatic carbocycles. The molecule has 0 bridgehead atoms. The van der Waals surface area contributed by atoms with Gasteiger partial charge in [-0.3, -0.25) is 0 Å². The molecule has 0 saturated carbocycles. The highest BCUT2D eigenvalue weighted by Crippen LogP contribution is 2.31. The molecule has 2 atom stereocenters. The third kappa shape index (κ3) is 1.60. The van der Waals surface area contributed by atoms with E-state index in [-0.39, 0.29) is 0 Å². The maximum atomic E-state index is 3.77. The lowest BCUT2D eigenvalue weighted by Gasteiger charge is -2.19. The van der Waals surface area contributed by atoms with Crippen LogP contribution in [0.15, 0.2) is 12.7 Å². The van der Waals surface area contributed by atoms with Gasteiger partial charge >= 0.3 is 0 Å². The Bertz CT molecular complexity index is 131. The van der Waals surface area contributed by atoms with E-state index in [0.717, 1.165) is 13.0 Å². The van der Waals surface area contributed by atoms with Gasteiger partial charge in [0.15, 0.2) is 0 Å². The zero-order valence-electron chi connectivity index (χ0n) is 6.98. The highest BCUT2D eigenvalue weighted by molar-refractivity contribution is 4.92. The fourth-order valence-corrected chi connectivity index (χ4v) is 1.81. The lowest BCUT2D eigenvalue weighted by Crippen LogP contribution is -2.20. The SMILES string of the molecule is C=CC[C@]1(C)CN[C@@H](C)C1. The molecular weight excluding hydrogens is 122 g/mol. The molecule has 1 aliphatic heterocycles. The van der Waals surface area contributed by atoms with Crippen LogP contribution in [0.2, 0.25) is 0 Å². The van der Waals surface area contributed by atoms with Crippen LogP contribution in [0.4, 0.5) is 0 Å². The van der Waals surface area contributed by atoms with Crippen molar-refractivity contribution >= 4 is 0 Å². The minimum Gasteiger partial charge on any atom is -0.314 e. The Morgan fingerprint density at radius 1 is 1.80 bits per heavy atom. The molecule has 58 valence electrons. The van der Waals surface area contributed by atoms with Crippen LogP contribution in [0.3, 0.4) is 0 Å². The zero-order chi connectivity index (χ0) is 7.61. The summed E-state index contributed by atoms with van der Waals surface area (Å²) in [5.74, 6) is 0. The minimum atomic E-state index is 0.487. The molecule has 1 saturated heterocycles. The van der Waals surface area contributed by atoms with Gasteiger partial charge in [0.25, 0.3) is 0 Å². The summed E-state index contributed by atoms with van der Waals surface area (Å²) in [6, 6.07) is 0.699. The van der Waals surface area contributed by atoms with Crippen molar-refractivity contribution in [1.29, 1.82) is 0 Å². The molecule has 0 amide bonds. The van der Waals surface area contributed by atoms with Crippen LogP contribution < -0.4 is 5.32 Å². The topological polar surface area (TPSA) is 12.0 Å². The van der Waals surface area contributed by atoms with E-state index in [1.165, 1.54) is 6.42 Å². The third-order valence-electron chi connectivity index (χ3n) is 2.31. The number of hydrogen-bond donors (Lipinski definition) is 1. The summed E-state index contributed by atoms with van der Waals surface area (Å²) in [4.78, 5) is 0. The molecule has 0 aromatic heterocycles. The summed E-state index contributed by atoms with van der Waals surface area (Å²) >= 11 is 0. The number of allylic oxidation sites excluding steroid dienone is 1. The Hall–Kier alpha value is -0.300. The van der Waals surface area contributed by atoms with Gasteiger partial charge in [-0.1, -0.05) is 13.0 Å². The molecule has 1 heterocycles.